The van der Waals surface area contributed by atoms with Gasteiger partial charge in [-0.05, 0) is 35.9 Å². The maximum Gasteiger partial charge on any atom is 0.251 e. The van der Waals surface area contributed by atoms with Crippen LogP contribution in [0.2, 0.25) is 5.02 Å². The molecule has 4 N–H and O–H groups in total. The van der Waals surface area contributed by atoms with E-state index >= 15 is 0 Å². The first-order valence-corrected chi connectivity index (χ1v) is 8.94. The lowest BCUT2D eigenvalue weighted by molar-refractivity contribution is 0.0966. The summed E-state index contributed by atoms with van der Waals surface area (Å²) < 4.78 is 0. The molecule has 1 aliphatic rings. The Balaban J connectivity index is 1.41. The molecule has 0 bridgehead atoms. The number of halogens is 1. The molecule has 3 heterocycles. The van der Waals surface area contributed by atoms with Crippen LogP contribution in [-0.4, -0.2) is 26.1 Å². The number of carbonyl (C=O) groups is 1. The standard InChI is InChI=1S/C19H14ClN7O/c20-15-9-22-19(25-13-2-1-10-7-21-18(28)14(10)6-13)26-17(15)24-12-3-4-16-11(5-12)8-23-27-16/h1-6,8-9H,7H2,(H,21,28)(H,23,27)(H2,22,24,25,26). The van der Waals surface area contributed by atoms with Crippen molar-refractivity contribution in [2.45, 2.75) is 6.54 Å². The number of hydrogen-bond acceptors (Lipinski definition) is 6. The van der Waals surface area contributed by atoms with E-state index in [2.05, 4.69) is 36.1 Å². The molecule has 0 aliphatic carbocycles. The van der Waals surface area contributed by atoms with E-state index in [0.717, 1.165) is 27.8 Å². The number of hydrogen-bond donors (Lipinski definition) is 4. The summed E-state index contributed by atoms with van der Waals surface area (Å²) in [5.41, 5.74) is 4.14. The van der Waals surface area contributed by atoms with E-state index in [1.165, 1.54) is 6.20 Å². The molecule has 0 spiro atoms. The summed E-state index contributed by atoms with van der Waals surface area (Å²) in [4.78, 5) is 20.5. The highest BCUT2D eigenvalue weighted by Crippen LogP contribution is 2.27. The van der Waals surface area contributed by atoms with E-state index in [-0.39, 0.29) is 5.91 Å². The van der Waals surface area contributed by atoms with Crippen molar-refractivity contribution in [3.8, 4) is 0 Å². The van der Waals surface area contributed by atoms with Crippen molar-refractivity contribution in [1.29, 1.82) is 0 Å². The molecule has 0 unspecified atom stereocenters. The second kappa shape index (κ2) is 6.50. The number of amides is 1. The van der Waals surface area contributed by atoms with E-state index in [1.807, 2.05) is 30.3 Å². The topological polar surface area (TPSA) is 108 Å². The van der Waals surface area contributed by atoms with Crippen LogP contribution < -0.4 is 16.0 Å². The number of H-pyrrole nitrogens is 1. The van der Waals surface area contributed by atoms with Crippen LogP contribution in [0.1, 0.15) is 15.9 Å². The van der Waals surface area contributed by atoms with Gasteiger partial charge in [0.25, 0.3) is 5.91 Å². The zero-order valence-electron chi connectivity index (χ0n) is 14.5. The van der Waals surface area contributed by atoms with Gasteiger partial charge in [-0.3, -0.25) is 9.89 Å². The van der Waals surface area contributed by atoms with Crippen molar-refractivity contribution in [2.75, 3.05) is 10.6 Å². The molecule has 0 radical (unpaired) electrons. The Morgan fingerprint density at radius 2 is 1.89 bits per heavy atom. The molecular weight excluding hydrogens is 378 g/mol. The highest BCUT2D eigenvalue weighted by molar-refractivity contribution is 6.32. The average Bonchev–Trinajstić information content (AvgIpc) is 3.31. The highest BCUT2D eigenvalue weighted by atomic mass is 35.5. The van der Waals surface area contributed by atoms with Gasteiger partial charge in [0.1, 0.15) is 5.02 Å². The Kier molecular flexibility index (Phi) is 3.84. The van der Waals surface area contributed by atoms with Crippen LogP contribution in [0.5, 0.6) is 0 Å². The molecule has 1 aliphatic heterocycles. The molecule has 8 nitrogen and oxygen atoms in total. The van der Waals surface area contributed by atoms with Gasteiger partial charge < -0.3 is 16.0 Å². The minimum absolute atomic E-state index is 0.0762. The molecule has 28 heavy (non-hydrogen) atoms. The summed E-state index contributed by atoms with van der Waals surface area (Å²) in [6.07, 6.45) is 3.27. The van der Waals surface area contributed by atoms with Gasteiger partial charge in [0.2, 0.25) is 5.95 Å². The molecule has 0 fully saturated rings. The Morgan fingerprint density at radius 1 is 1.04 bits per heavy atom. The maximum atomic E-state index is 11.8. The lowest BCUT2D eigenvalue weighted by Crippen LogP contribution is -2.12. The van der Waals surface area contributed by atoms with E-state index < -0.39 is 0 Å². The highest BCUT2D eigenvalue weighted by Gasteiger charge is 2.19. The number of carbonyl (C=O) groups excluding carboxylic acids is 1. The Bertz CT molecular complexity index is 1220. The minimum atomic E-state index is -0.0762. The number of anilines is 4. The minimum Gasteiger partial charge on any atom is -0.348 e. The van der Waals surface area contributed by atoms with Crippen molar-refractivity contribution in [3.63, 3.8) is 0 Å². The van der Waals surface area contributed by atoms with Crippen molar-refractivity contribution in [3.05, 3.63) is 64.9 Å². The predicted molar refractivity (Wildman–Crippen MR) is 107 cm³/mol. The van der Waals surface area contributed by atoms with Crippen LogP contribution in [0, 0.1) is 0 Å². The SMILES string of the molecule is O=C1NCc2ccc(Nc3ncc(Cl)c(Nc4ccc5[nH]ncc5c4)n3)cc21. The molecule has 2 aromatic heterocycles. The van der Waals surface area contributed by atoms with Crippen LogP contribution in [0.25, 0.3) is 10.9 Å². The summed E-state index contributed by atoms with van der Waals surface area (Å²) in [7, 11) is 0. The first kappa shape index (κ1) is 16.5. The van der Waals surface area contributed by atoms with Crippen molar-refractivity contribution in [1.82, 2.24) is 25.5 Å². The van der Waals surface area contributed by atoms with E-state index in [0.29, 0.717) is 28.9 Å². The van der Waals surface area contributed by atoms with Crippen molar-refractivity contribution in [2.24, 2.45) is 0 Å². The first-order chi connectivity index (χ1) is 13.7. The fraction of sp³-hybridized carbons (Fsp3) is 0.0526. The molecule has 0 atom stereocenters. The summed E-state index contributed by atoms with van der Waals surface area (Å²) >= 11 is 6.26. The van der Waals surface area contributed by atoms with Crippen molar-refractivity contribution >= 4 is 51.6 Å². The monoisotopic (exact) mass is 391 g/mol. The third-order valence-corrected chi connectivity index (χ3v) is 4.77. The molecule has 0 saturated carbocycles. The van der Waals surface area contributed by atoms with Crippen LogP contribution in [0.4, 0.5) is 23.1 Å². The smallest absolute Gasteiger partial charge is 0.251 e. The fourth-order valence-corrected chi connectivity index (χ4v) is 3.23. The van der Waals surface area contributed by atoms with Gasteiger partial charge in [-0.25, -0.2) is 4.98 Å². The van der Waals surface area contributed by atoms with Crippen LogP contribution in [0.15, 0.2) is 48.8 Å². The second-order valence-electron chi connectivity index (χ2n) is 6.37. The Hall–Kier alpha value is -3.65. The zero-order valence-corrected chi connectivity index (χ0v) is 15.2. The summed E-state index contributed by atoms with van der Waals surface area (Å²) in [5.74, 6) is 0.767. The van der Waals surface area contributed by atoms with E-state index in [9.17, 15) is 4.79 Å². The van der Waals surface area contributed by atoms with Gasteiger partial charge in [0.15, 0.2) is 5.82 Å². The van der Waals surface area contributed by atoms with Crippen LogP contribution in [-0.2, 0) is 6.54 Å². The normalized spacial score (nSPS) is 12.7. The molecule has 9 heteroatoms. The third kappa shape index (κ3) is 2.99. The predicted octanol–water partition coefficient (Wildman–Crippen LogP) is 3.74. The number of nitrogens with zero attached hydrogens (tertiary/aromatic N) is 3. The molecule has 2 aromatic carbocycles. The number of aromatic nitrogens is 4. The van der Waals surface area contributed by atoms with Gasteiger partial charge in [-0.15, -0.1) is 0 Å². The Labute approximate surface area is 164 Å². The number of benzene rings is 2. The fourth-order valence-electron chi connectivity index (χ4n) is 3.09. The first-order valence-electron chi connectivity index (χ1n) is 8.56. The number of rotatable bonds is 4. The summed E-state index contributed by atoms with van der Waals surface area (Å²) in [5, 5.41) is 17.4. The van der Waals surface area contributed by atoms with Crippen molar-refractivity contribution < 1.29 is 4.79 Å². The van der Waals surface area contributed by atoms with E-state index in [4.69, 9.17) is 11.6 Å². The number of nitrogens with one attached hydrogen (secondary N) is 4. The molecule has 5 rings (SSSR count). The number of fused-ring (bicyclic) bond motifs is 2. The molecular formula is C19H14ClN7O. The summed E-state index contributed by atoms with van der Waals surface area (Å²) in [6.45, 7) is 0.557. The van der Waals surface area contributed by atoms with Gasteiger partial charge in [-0.1, -0.05) is 17.7 Å². The van der Waals surface area contributed by atoms with Gasteiger partial charge >= 0.3 is 0 Å². The van der Waals surface area contributed by atoms with Gasteiger partial charge in [-0.2, -0.15) is 10.1 Å². The molecule has 1 amide bonds. The molecule has 4 aromatic rings. The van der Waals surface area contributed by atoms with Crippen LogP contribution >= 0.6 is 11.6 Å². The largest absolute Gasteiger partial charge is 0.348 e. The summed E-state index contributed by atoms with van der Waals surface area (Å²) in [6, 6.07) is 11.4. The molecule has 0 saturated heterocycles. The third-order valence-electron chi connectivity index (χ3n) is 4.50. The quantitative estimate of drug-likeness (QED) is 0.422. The second-order valence-corrected chi connectivity index (χ2v) is 6.77. The maximum absolute atomic E-state index is 11.8. The Morgan fingerprint density at radius 3 is 2.82 bits per heavy atom. The van der Waals surface area contributed by atoms with Gasteiger partial charge in [0.05, 0.1) is 17.9 Å². The average molecular weight is 392 g/mol. The lowest BCUT2D eigenvalue weighted by atomic mass is 10.1. The lowest BCUT2D eigenvalue weighted by Gasteiger charge is -2.11. The number of aromatic amines is 1. The zero-order chi connectivity index (χ0) is 19.1. The molecule has 138 valence electrons. The van der Waals surface area contributed by atoms with Crippen LogP contribution in [0.3, 0.4) is 0 Å². The van der Waals surface area contributed by atoms with Gasteiger partial charge in [0, 0.05) is 28.9 Å². The van der Waals surface area contributed by atoms with E-state index in [1.54, 1.807) is 12.3 Å².